The van der Waals surface area contributed by atoms with Crippen LogP contribution in [0, 0.1) is 12.7 Å². The maximum Gasteiger partial charge on any atom is 0.270 e. The molecule has 0 bridgehead atoms. The summed E-state index contributed by atoms with van der Waals surface area (Å²) >= 11 is 0. The van der Waals surface area contributed by atoms with Gasteiger partial charge in [-0.25, -0.2) is 4.39 Å². The van der Waals surface area contributed by atoms with Gasteiger partial charge in [-0.1, -0.05) is 13.8 Å². The van der Waals surface area contributed by atoms with E-state index in [-0.39, 0.29) is 11.6 Å². The van der Waals surface area contributed by atoms with E-state index in [4.69, 9.17) is 9.47 Å². The van der Waals surface area contributed by atoms with E-state index < -0.39 is 11.9 Å². The maximum atomic E-state index is 14.4. The van der Waals surface area contributed by atoms with Crippen molar-refractivity contribution >= 4 is 0 Å². The van der Waals surface area contributed by atoms with Crippen molar-refractivity contribution in [3.63, 3.8) is 0 Å². The zero-order valence-electron chi connectivity index (χ0n) is 16.1. The van der Waals surface area contributed by atoms with Crippen LogP contribution in [0.25, 0.3) is 0 Å². The fourth-order valence-electron chi connectivity index (χ4n) is 2.72. The first kappa shape index (κ1) is 21.0. The molecule has 2 aromatic rings. The lowest BCUT2D eigenvalue weighted by atomic mass is 10.0. The van der Waals surface area contributed by atoms with Gasteiger partial charge in [0.1, 0.15) is 17.7 Å². The highest BCUT2D eigenvalue weighted by molar-refractivity contribution is 5.36. The first-order valence-electron chi connectivity index (χ1n) is 8.66. The van der Waals surface area contributed by atoms with Crippen LogP contribution in [-0.2, 0) is 4.74 Å². The van der Waals surface area contributed by atoms with Crippen LogP contribution in [0.15, 0.2) is 23.0 Å². The topological polar surface area (TPSA) is 56.2 Å². The van der Waals surface area contributed by atoms with Crippen LogP contribution in [0.1, 0.15) is 63.6 Å². The van der Waals surface area contributed by atoms with Gasteiger partial charge in [0.15, 0.2) is 0 Å². The fraction of sp³-hybridized carbons (Fsp3) is 0.526. The molecule has 2 rings (SSSR count). The van der Waals surface area contributed by atoms with E-state index in [1.807, 2.05) is 41.5 Å². The minimum Gasteiger partial charge on any atom is -0.497 e. The van der Waals surface area contributed by atoms with E-state index in [1.165, 1.54) is 13.2 Å². The molecule has 0 aliphatic rings. The number of nitrogens with one attached hydrogen (secondary N) is 1. The van der Waals surface area contributed by atoms with Gasteiger partial charge in [0.25, 0.3) is 5.56 Å². The van der Waals surface area contributed by atoms with Gasteiger partial charge < -0.3 is 9.47 Å². The molecular formula is C19H29FN2O3. The number of nitrogens with zero attached hydrogens (tertiary/aromatic N) is 1. The van der Waals surface area contributed by atoms with Gasteiger partial charge in [-0.3, -0.25) is 14.6 Å². The Labute approximate surface area is 148 Å². The SMILES string of the molecule is CC.CCOC(c1ccc(OC)cc1F)c1c(C)n(C(C)C)[nH]c1=O. The second kappa shape index (κ2) is 9.42. The summed E-state index contributed by atoms with van der Waals surface area (Å²) in [4.78, 5) is 12.4. The predicted octanol–water partition coefficient (Wildman–Crippen LogP) is 4.37. The standard InChI is InChI=1S/C17H23FN2O3.C2H6/c1-6-23-16(13-8-7-12(22-5)9-14(13)18)15-11(4)20(10(2)3)19-17(15)21;1-2/h7-10,16H,6H2,1-5H3,(H,19,21);1-2H3. The Morgan fingerprint density at radius 1 is 1.28 bits per heavy atom. The van der Waals surface area contributed by atoms with Crippen molar-refractivity contribution in [2.24, 2.45) is 0 Å². The van der Waals surface area contributed by atoms with E-state index in [0.717, 1.165) is 5.69 Å². The summed E-state index contributed by atoms with van der Waals surface area (Å²) < 4.78 is 26.9. The summed E-state index contributed by atoms with van der Waals surface area (Å²) in [7, 11) is 1.48. The highest BCUT2D eigenvalue weighted by Gasteiger charge is 2.26. The lowest BCUT2D eigenvalue weighted by molar-refractivity contribution is 0.0875. The zero-order valence-corrected chi connectivity index (χ0v) is 16.1. The average molecular weight is 352 g/mol. The Morgan fingerprint density at radius 3 is 2.36 bits per heavy atom. The average Bonchev–Trinajstić information content (AvgIpc) is 2.89. The molecule has 1 aromatic heterocycles. The summed E-state index contributed by atoms with van der Waals surface area (Å²) in [5, 5.41) is 2.80. The Hall–Kier alpha value is -2.08. The number of benzene rings is 1. The molecular weight excluding hydrogens is 323 g/mol. The van der Waals surface area contributed by atoms with E-state index in [2.05, 4.69) is 5.10 Å². The summed E-state index contributed by atoms with van der Waals surface area (Å²) in [6.07, 6.45) is -0.755. The lowest BCUT2D eigenvalue weighted by Gasteiger charge is -2.18. The van der Waals surface area contributed by atoms with Crippen LogP contribution in [0.3, 0.4) is 0 Å². The first-order valence-corrected chi connectivity index (χ1v) is 8.66. The quantitative estimate of drug-likeness (QED) is 0.840. The van der Waals surface area contributed by atoms with E-state index >= 15 is 0 Å². The summed E-state index contributed by atoms with van der Waals surface area (Å²) in [6.45, 7) is 12.0. The number of aromatic amines is 1. The first-order chi connectivity index (χ1) is 11.9. The predicted molar refractivity (Wildman–Crippen MR) is 97.9 cm³/mol. The smallest absolute Gasteiger partial charge is 0.270 e. The molecule has 1 atom stereocenters. The minimum atomic E-state index is -0.755. The Bertz CT molecular complexity index is 735. The molecule has 6 heteroatoms. The van der Waals surface area contributed by atoms with Gasteiger partial charge in [-0.05, 0) is 39.8 Å². The fourth-order valence-corrected chi connectivity index (χ4v) is 2.72. The van der Waals surface area contributed by atoms with Crippen LogP contribution >= 0.6 is 0 Å². The van der Waals surface area contributed by atoms with Gasteiger partial charge in [-0.2, -0.15) is 0 Å². The lowest BCUT2D eigenvalue weighted by Crippen LogP contribution is -2.17. The number of aromatic nitrogens is 2. The molecule has 0 fully saturated rings. The van der Waals surface area contributed by atoms with Crippen LogP contribution in [0.2, 0.25) is 0 Å². The number of rotatable bonds is 6. The third-order valence-corrected chi connectivity index (χ3v) is 3.82. The largest absolute Gasteiger partial charge is 0.497 e. The van der Waals surface area contributed by atoms with Gasteiger partial charge in [0, 0.05) is 30.0 Å². The van der Waals surface area contributed by atoms with Crippen molar-refractivity contribution < 1.29 is 13.9 Å². The van der Waals surface area contributed by atoms with Gasteiger partial charge >= 0.3 is 0 Å². The second-order valence-corrected chi connectivity index (χ2v) is 5.63. The van der Waals surface area contributed by atoms with Crippen molar-refractivity contribution in [2.45, 2.75) is 53.7 Å². The van der Waals surface area contributed by atoms with Crippen LogP contribution in [0.4, 0.5) is 4.39 Å². The molecule has 1 unspecified atom stereocenters. The van der Waals surface area contributed by atoms with Gasteiger partial charge in [0.2, 0.25) is 0 Å². The molecule has 1 N–H and O–H groups in total. The molecule has 1 heterocycles. The van der Waals surface area contributed by atoms with Crippen LogP contribution in [0.5, 0.6) is 5.75 Å². The Morgan fingerprint density at radius 2 is 1.92 bits per heavy atom. The Balaban J connectivity index is 0.00000151. The number of ether oxygens (including phenoxy) is 2. The summed E-state index contributed by atoms with van der Waals surface area (Å²) in [5.74, 6) is -0.0363. The molecule has 1 aromatic carbocycles. The van der Waals surface area contributed by atoms with Crippen molar-refractivity contribution in [3.8, 4) is 5.75 Å². The molecule has 0 aliphatic heterocycles. The normalized spacial score (nSPS) is 11.9. The number of methoxy groups -OCH3 is 1. The molecule has 0 aliphatic carbocycles. The van der Waals surface area contributed by atoms with Crippen molar-refractivity contribution in [1.29, 1.82) is 0 Å². The molecule has 0 radical (unpaired) electrons. The van der Waals surface area contributed by atoms with Crippen LogP contribution in [-0.4, -0.2) is 23.5 Å². The van der Waals surface area contributed by atoms with Gasteiger partial charge in [0.05, 0.1) is 12.7 Å². The number of H-pyrrole nitrogens is 1. The Kier molecular flexibility index (Phi) is 7.90. The number of halogens is 1. The highest BCUT2D eigenvalue weighted by Crippen LogP contribution is 2.30. The van der Waals surface area contributed by atoms with Crippen molar-refractivity contribution in [2.75, 3.05) is 13.7 Å². The third-order valence-electron chi connectivity index (χ3n) is 3.82. The third kappa shape index (κ3) is 4.51. The molecule has 0 spiro atoms. The highest BCUT2D eigenvalue weighted by atomic mass is 19.1. The van der Waals surface area contributed by atoms with E-state index in [9.17, 15) is 9.18 Å². The minimum absolute atomic E-state index is 0.0967. The molecule has 5 nitrogen and oxygen atoms in total. The van der Waals surface area contributed by atoms with Crippen molar-refractivity contribution in [1.82, 2.24) is 9.78 Å². The molecule has 0 amide bonds. The maximum absolute atomic E-state index is 14.4. The van der Waals surface area contributed by atoms with Crippen LogP contribution < -0.4 is 10.3 Å². The van der Waals surface area contributed by atoms with Crippen molar-refractivity contribution in [3.05, 3.63) is 51.2 Å². The van der Waals surface area contributed by atoms with E-state index in [0.29, 0.717) is 23.5 Å². The summed E-state index contributed by atoms with van der Waals surface area (Å²) in [5.41, 5.74) is 1.25. The monoisotopic (exact) mass is 352 g/mol. The van der Waals surface area contributed by atoms with Gasteiger partial charge in [-0.15, -0.1) is 0 Å². The zero-order chi connectivity index (χ0) is 19.1. The molecule has 0 saturated heterocycles. The molecule has 25 heavy (non-hydrogen) atoms. The molecule has 140 valence electrons. The number of hydrogen-bond acceptors (Lipinski definition) is 3. The second-order valence-electron chi connectivity index (χ2n) is 5.63. The van der Waals surface area contributed by atoms with E-state index in [1.54, 1.807) is 16.8 Å². The number of hydrogen-bond donors (Lipinski definition) is 1. The summed E-state index contributed by atoms with van der Waals surface area (Å²) in [6, 6.07) is 4.65. The molecule has 0 saturated carbocycles.